The molecule has 4 aromatic rings. The van der Waals surface area contributed by atoms with Crippen LogP contribution < -0.4 is 19.7 Å². The molecular weight excluding hydrogens is 516 g/mol. The smallest absolute Gasteiger partial charge is 0.262 e. The molecule has 0 bridgehead atoms. The highest BCUT2D eigenvalue weighted by atomic mass is 16.5. The summed E-state index contributed by atoms with van der Waals surface area (Å²) in [6.07, 6.45) is 5.26. The molecule has 41 heavy (non-hydrogen) atoms. The van der Waals surface area contributed by atoms with Gasteiger partial charge in [-0.15, -0.1) is 0 Å². The van der Waals surface area contributed by atoms with Crippen LogP contribution in [-0.2, 0) is 11.3 Å². The number of rotatable bonds is 8. The van der Waals surface area contributed by atoms with Crippen LogP contribution in [0.25, 0.3) is 28.2 Å². The minimum absolute atomic E-state index is 0.00714. The first-order valence-corrected chi connectivity index (χ1v) is 13.5. The van der Waals surface area contributed by atoms with Gasteiger partial charge in [0.2, 0.25) is 0 Å². The summed E-state index contributed by atoms with van der Waals surface area (Å²) in [6, 6.07) is 16.1. The van der Waals surface area contributed by atoms with Crippen molar-refractivity contribution in [2.45, 2.75) is 13.5 Å². The van der Waals surface area contributed by atoms with Gasteiger partial charge in [-0.3, -0.25) is 4.79 Å². The van der Waals surface area contributed by atoms with E-state index in [0.29, 0.717) is 17.1 Å². The van der Waals surface area contributed by atoms with Gasteiger partial charge in [-0.25, -0.2) is 4.98 Å². The number of benzene rings is 2. The largest absolute Gasteiger partial charge is 0.493 e. The summed E-state index contributed by atoms with van der Waals surface area (Å²) >= 11 is 0. The van der Waals surface area contributed by atoms with Gasteiger partial charge in [0.05, 0.1) is 14.2 Å². The van der Waals surface area contributed by atoms with Crippen molar-refractivity contribution in [3.8, 4) is 28.7 Å². The van der Waals surface area contributed by atoms with Gasteiger partial charge in [-0.1, -0.05) is 18.2 Å². The number of aromatic nitrogens is 2. The molecule has 210 valence electrons. The Kier molecular flexibility index (Phi) is 8.22. The first kappa shape index (κ1) is 27.7. The van der Waals surface area contributed by atoms with Gasteiger partial charge < -0.3 is 29.6 Å². The molecule has 9 nitrogen and oxygen atoms in total. The number of hydrogen-bond acceptors (Lipinski definition) is 7. The number of anilines is 1. The highest BCUT2D eigenvalue weighted by Crippen LogP contribution is 2.32. The average molecular weight is 551 g/mol. The summed E-state index contributed by atoms with van der Waals surface area (Å²) in [5.74, 6) is 0.716. The molecule has 2 aromatic carbocycles. The number of aryl methyl sites for hydroxylation is 1. The number of carbonyl (C=O) groups is 1. The van der Waals surface area contributed by atoms with Gasteiger partial charge in [0.25, 0.3) is 5.91 Å². The van der Waals surface area contributed by atoms with Crippen LogP contribution in [0, 0.1) is 18.3 Å². The van der Waals surface area contributed by atoms with Gasteiger partial charge in [0.1, 0.15) is 17.3 Å². The number of amides is 1. The topological polar surface area (TPSA) is 107 Å². The number of nitriles is 1. The Morgan fingerprint density at radius 2 is 1.83 bits per heavy atom. The number of nitrogens with zero attached hydrogens (tertiary/aromatic N) is 4. The van der Waals surface area contributed by atoms with Crippen molar-refractivity contribution in [1.82, 2.24) is 20.2 Å². The van der Waals surface area contributed by atoms with E-state index in [2.05, 4.69) is 62.5 Å². The molecule has 0 saturated carbocycles. The number of nitrogens with one attached hydrogen (secondary N) is 2. The van der Waals surface area contributed by atoms with Crippen LogP contribution in [0.15, 0.2) is 60.4 Å². The van der Waals surface area contributed by atoms with Crippen molar-refractivity contribution in [1.29, 1.82) is 5.26 Å². The summed E-state index contributed by atoms with van der Waals surface area (Å²) in [7, 11) is 5.28. The molecule has 3 heterocycles. The lowest BCUT2D eigenvalue weighted by Gasteiger charge is -2.34. The molecule has 1 aliphatic heterocycles. The van der Waals surface area contributed by atoms with E-state index < -0.39 is 5.91 Å². The summed E-state index contributed by atoms with van der Waals surface area (Å²) < 4.78 is 10.6. The summed E-state index contributed by atoms with van der Waals surface area (Å²) in [6.45, 7) is 6.44. The number of piperazine rings is 1. The Labute approximate surface area is 240 Å². The van der Waals surface area contributed by atoms with Crippen molar-refractivity contribution in [3.63, 3.8) is 0 Å². The fraction of sp³-hybridized carbons (Fsp3) is 0.281. The van der Waals surface area contributed by atoms with Gasteiger partial charge >= 0.3 is 0 Å². The minimum atomic E-state index is -0.460. The van der Waals surface area contributed by atoms with Gasteiger partial charge in [-0.05, 0) is 61.0 Å². The summed E-state index contributed by atoms with van der Waals surface area (Å²) in [4.78, 5) is 25.5. The molecule has 0 spiro atoms. The number of pyridine rings is 1. The maximum Gasteiger partial charge on any atom is 0.262 e. The van der Waals surface area contributed by atoms with E-state index in [1.807, 2.05) is 19.2 Å². The Bertz CT molecular complexity index is 1630. The second-order valence-corrected chi connectivity index (χ2v) is 10.1. The number of carbonyl (C=O) groups excluding carboxylic acids is 1. The number of H-pyrrole nitrogens is 1. The predicted octanol–water partition coefficient (Wildman–Crippen LogP) is 4.53. The van der Waals surface area contributed by atoms with E-state index in [1.165, 1.54) is 5.69 Å². The molecule has 2 aromatic heterocycles. The number of likely N-dealkylation sites (N-methyl/N-ethyl adjacent to an activating group) is 1. The van der Waals surface area contributed by atoms with Crippen LogP contribution in [0.3, 0.4) is 0 Å². The lowest BCUT2D eigenvalue weighted by atomic mass is 9.98. The zero-order valence-electron chi connectivity index (χ0n) is 23.8. The van der Waals surface area contributed by atoms with E-state index in [-0.39, 0.29) is 12.1 Å². The molecular formula is C32H34N6O3. The molecule has 0 radical (unpaired) electrons. The Hall–Kier alpha value is -4.81. The van der Waals surface area contributed by atoms with E-state index >= 15 is 0 Å². The fourth-order valence-electron chi connectivity index (χ4n) is 5.18. The molecule has 9 heteroatoms. The van der Waals surface area contributed by atoms with Crippen molar-refractivity contribution in [2.75, 3.05) is 52.3 Å². The molecule has 0 unspecified atom stereocenters. The van der Waals surface area contributed by atoms with Gasteiger partial charge in [0, 0.05) is 67.3 Å². The van der Waals surface area contributed by atoms with Crippen molar-refractivity contribution in [3.05, 3.63) is 77.1 Å². The third-order valence-electron chi connectivity index (χ3n) is 7.60. The third kappa shape index (κ3) is 5.88. The van der Waals surface area contributed by atoms with Crippen LogP contribution in [0.5, 0.6) is 11.5 Å². The van der Waals surface area contributed by atoms with Crippen molar-refractivity contribution < 1.29 is 14.3 Å². The first-order chi connectivity index (χ1) is 19.9. The Morgan fingerprint density at radius 3 is 2.51 bits per heavy atom. The molecule has 5 rings (SSSR count). The van der Waals surface area contributed by atoms with Crippen LogP contribution in [-0.4, -0.2) is 68.2 Å². The molecule has 0 aliphatic carbocycles. The van der Waals surface area contributed by atoms with E-state index in [1.54, 1.807) is 38.6 Å². The Morgan fingerprint density at radius 1 is 1.10 bits per heavy atom. The number of aromatic amines is 1. The second-order valence-electron chi connectivity index (χ2n) is 10.1. The number of ether oxygens (including phenoxy) is 2. The maximum absolute atomic E-state index is 13.0. The maximum atomic E-state index is 13.0. The quantitative estimate of drug-likeness (QED) is 0.245. The SMILES string of the molecule is COc1ccc(CNC(=O)/C(C#N)=C/c2c[nH]c3ncc(-c4ccc(N5CCN(C)CC5)cc4)c(C)c23)cc1OC. The zero-order valence-corrected chi connectivity index (χ0v) is 23.8. The first-order valence-electron chi connectivity index (χ1n) is 13.5. The molecule has 0 atom stereocenters. The number of methoxy groups -OCH3 is 2. The Balaban J connectivity index is 1.36. The number of fused-ring (bicyclic) bond motifs is 1. The lowest BCUT2D eigenvalue weighted by Crippen LogP contribution is -2.44. The normalized spacial score (nSPS) is 14.1. The zero-order chi connectivity index (χ0) is 28.9. The van der Waals surface area contributed by atoms with Crippen molar-refractivity contribution in [2.24, 2.45) is 0 Å². The highest BCUT2D eigenvalue weighted by Gasteiger charge is 2.17. The lowest BCUT2D eigenvalue weighted by molar-refractivity contribution is -0.117. The minimum Gasteiger partial charge on any atom is -0.493 e. The molecule has 2 N–H and O–H groups in total. The molecule has 1 fully saturated rings. The van der Waals surface area contributed by atoms with Crippen LogP contribution >= 0.6 is 0 Å². The van der Waals surface area contributed by atoms with Crippen LogP contribution in [0.1, 0.15) is 16.7 Å². The summed E-state index contributed by atoms with van der Waals surface area (Å²) in [5.41, 5.74) is 6.59. The van der Waals surface area contributed by atoms with E-state index in [9.17, 15) is 10.1 Å². The second kappa shape index (κ2) is 12.1. The fourth-order valence-corrected chi connectivity index (χ4v) is 5.18. The van der Waals surface area contributed by atoms with E-state index in [0.717, 1.165) is 59.4 Å². The summed E-state index contributed by atoms with van der Waals surface area (Å²) in [5, 5.41) is 13.5. The number of hydrogen-bond donors (Lipinski definition) is 2. The monoisotopic (exact) mass is 550 g/mol. The predicted molar refractivity (Wildman–Crippen MR) is 161 cm³/mol. The van der Waals surface area contributed by atoms with Crippen LogP contribution in [0.4, 0.5) is 5.69 Å². The highest BCUT2D eigenvalue weighted by molar-refractivity contribution is 6.04. The molecule has 1 saturated heterocycles. The van der Waals surface area contributed by atoms with Crippen molar-refractivity contribution >= 4 is 28.7 Å². The van der Waals surface area contributed by atoms with Gasteiger partial charge in [-0.2, -0.15) is 5.26 Å². The molecule has 1 aliphatic rings. The van der Waals surface area contributed by atoms with Crippen LogP contribution in [0.2, 0.25) is 0 Å². The standard InChI is InChI=1S/C32H34N6O3/c1-21-27(23-6-8-26(9-7-23)38-13-11-37(2)12-14-38)20-35-31-30(21)25(19-34-31)16-24(17-33)32(39)36-18-22-5-10-28(40-3)29(15-22)41-4/h5-10,15-16,19-20H,11-14,18H2,1-4H3,(H,34,35)(H,36,39)/b24-16+. The van der Waals surface area contributed by atoms with Gasteiger partial charge in [0.15, 0.2) is 11.5 Å². The average Bonchev–Trinajstić information content (AvgIpc) is 3.42. The molecule has 1 amide bonds. The third-order valence-corrected chi connectivity index (χ3v) is 7.60. The van der Waals surface area contributed by atoms with E-state index in [4.69, 9.17) is 9.47 Å².